The van der Waals surface area contributed by atoms with Crippen molar-refractivity contribution in [2.24, 2.45) is 0 Å². The molecule has 0 saturated carbocycles. The number of hydrogen-bond acceptors (Lipinski definition) is 2. The first kappa shape index (κ1) is 9.52. The lowest BCUT2D eigenvalue weighted by atomic mass is 10.6. The van der Waals surface area contributed by atoms with E-state index in [0.29, 0.717) is 0 Å². The predicted octanol–water partition coefficient (Wildman–Crippen LogP) is -1.38. The number of hydrogen-bond donors (Lipinski definition) is 0. The molecule has 0 aromatic heterocycles. The van der Waals surface area contributed by atoms with Crippen LogP contribution in [0.25, 0.3) is 0 Å². The molecule has 0 radical (unpaired) electrons. The quantitative estimate of drug-likeness (QED) is 0.232. The highest BCUT2D eigenvalue weighted by molar-refractivity contribution is 8.84. The van der Waals surface area contributed by atoms with Crippen LogP contribution in [0.4, 0.5) is 0 Å². The topological polar surface area (TPSA) is 0 Å². The molecule has 0 spiro atoms. The molecule has 0 unspecified atom stereocenters. The van der Waals surface area contributed by atoms with Crippen LogP contribution in [0.15, 0.2) is 0 Å². The zero-order chi connectivity index (χ0) is 5.11. The molecule has 0 aromatic rings. The Kier molecular flexibility index (Phi) is 6.33. The van der Waals surface area contributed by atoms with Gasteiger partial charge in [0.1, 0.15) is 0 Å². The van der Waals surface area contributed by atoms with Crippen molar-refractivity contribution in [1.29, 1.82) is 0 Å². The molecule has 0 amide bonds. The van der Waals surface area contributed by atoms with Crippen molar-refractivity contribution in [2.75, 3.05) is 12.0 Å². The fourth-order valence-corrected chi connectivity index (χ4v) is 4.12. The minimum absolute atomic E-state index is 0. The van der Waals surface area contributed by atoms with Crippen LogP contribution >= 0.6 is 21.6 Å². The fraction of sp³-hybridized carbons (Fsp3) is 0.750. The lowest BCUT2D eigenvalue weighted by Gasteiger charge is -1.67. The molecular weight excluding hydrogens is 271 g/mol. The van der Waals surface area contributed by atoms with Crippen molar-refractivity contribution >= 4 is 37.1 Å². The molecule has 0 bridgehead atoms. The van der Waals surface area contributed by atoms with Crippen LogP contribution in [0.3, 0.4) is 0 Å². The smallest absolute Gasteiger partial charge is 0.245 e. The van der Waals surface area contributed by atoms with Gasteiger partial charge >= 0.3 is 0 Å². The number of halogens is 1. The van der Waals surface area contributed by atoms with Crippen molar-refractivity contribution in [3.63, 3.8) is 0 Å². The maximum atomic E-state index is 2.15. The van der Waals surface area contributed by atoms with Crippen LogP contribution in [0.1, 0.15) is 6.42 Å². The van der Waals surface area contributed by atoms with E-state index in [1.165, 1.54) is 12.2 Å². The van der Waals surface area contributed by atoms with Crippen LogP contribution in [0.5, 0.6) is 0 Å². The summed E-state index contributed by atoms with van der Waals surface area (Å²) >= 11 is 1.89. The van der Waals surface area contributed by atoms with Crippen molar-refractivity contribution in [2.45, 2.75) is 6.42 Å². The summed E-state index contributed by atoms with van der Waals surface area (Å²) in [4.78, 5) is 0. The van der Waals surface area contributed by atoms with Gasteiger partial charge < -0.3 is 24.0 Å². The first-order chi connectivity index (χ1) is 3.43. The first-order valence-electron chi connectivity index (χ1n) is 2.13. The minimum atomic E-state index is 0. The molecule has 0 aromatic carbocycles. The zero-order valence-electron chi connectivity index (χ0n) is 4.52. The van der Waals surface area contributed by atoms with Gasteiger partial charge in [0.15, 0.2) is 17.6 Å². The van der Waals surface area contributed by atoms with Crippen molar-refractivity contribution in [3.8, 4) is 0 Å². The molecule has 0 aliphatic carbocycles. The molecule has 0 atom stereocenters. The second-order valence-electron chi connectivity index (χ2n) is 1.23. The fourth-order valence-electron chi connectivity index (χ4n) is 0.410. The maximum absolute atomic E-state index is 2.15. The Morgan fingerprint density at radius 1 is 1.62 bits per heavy atom. The van der Waals surface area contributed by atoms with Gasteiger partial charge in [0, 0.05) is 12.2 Å². The molecule has 1 saturated heterocycles. The third-order valence-corrected chi connectivity index (χ3v) is 4.83. The van der Waals surface area contributed by atoms with E-state index in [0.717, 1.165) is 0 Å². The van der Waals surface area contributed by atoms with E-state index in [-0.39, 0.29) is 24.0 Å². The summed E-state index contributed by atoms with van der Waals surface area (Å²) in [7, 11) is 3.90. The van der Waals surface area contributed by atoms with Gasteiger partial charge in [-0.15, -0.1) is 0 Å². The standard InChI is InChI=1S/C4H7S3.HI/c1-5-4-2-3-6-7-4;/h2-3H2,1H3;1H/q+1;/p-1. The third kappa shape index (κ3) is 2.89. The van der Waals surface area contributed by atoms with E-state index in [1.807, 2.05) is 32.9 Å². The van der Waals surface area contributed by atoms with Crippen molar-refractivity contribution in [3.05, 3.63) is 0 Å². The average molecular weight is 278 g/mol. The van der Waals surface area contributed by atoms with Gasteiger partial charge in [0.05, 0.1) is 0 Å². The monoisotopic (exact) mass is 278 g/mol. The highest BCUT2D eigenvalue weighted by Gasteiger charge is 2.15. The highest BCUT2D eigenvalue weighted by Crippen LogP contribution is 2.32. The van der Waals surface area contributed by atoms with Gasteiger partial charge in [-0.25, -0.2) is 0 Å². The van der Waals surface area contributed by atoms with E-state index in [1.54, 1.807) is 4.20 Å². The Labute approximate surface area is 78.9 Å². The Morgan fingerprint density at radius 3 is 2.62 bits per heavy atom. The van der Waals surface area contributed by atoms with E-state index in [4.69, 9.17) is 0 Å². The molecule has 0 N–H and O–H groups in total. The summed E-state index contributed by atoms with van der Waals surface area (Å²) in [6, 6.07) is 0. The van der Waals surface area contributed by atoms with Crippen LogP contribution in [0.2, 0.25) is 0 Å². The zero-order valence-corrected chi connectivity index (χ0v) is 9.12. The second kappa shape index (κ2) is 5.32. The van der Waals surface area contributed by atoms with Crippen LogP contribution in [-0.4, -0.2) is 16.2 Å². The summed E-state index contributed by atoms with van der Waals surface area (Å²) in [6.45, 7) is 0. The van der Waals surface area contributed by atoms with Crippen LogP contribution < -0.4 is 24.0 Å². The molecule has 1 heterocycles. The van der Waals surface area contributed by atoms with Gasteiger partial charge in [-0.3, -0.25) is 0 Å². The Bertz CT molecular complexity index is 83.3. The van der Waals surface area contributed by atoms with Crippen molar-refractivity contribution < 1.29 is 24.0 Å². The van der Waals surface area contributed by atoms with Gasteiger partial charge in [0.2, 0.25) is 4.20 Å². The summed E-state index contributed by atoms with van der Waals surface area (Å²) in [5.41, 5.74) is 0. The predicted molar refractivity (Wildman–Crippen MR) is 43.0 cm³/mol. The molecule has 8 heavy (non-hydrogen) atoms. The Hall–Kier alpha value is 1.52. The van der Waals surface area contributed by atoms with Crippen molar-refractivity contribution in [1.82, 2.24) is 0 Å². The third-order valence-electron chi connectivity index (χ3n) is 0.769. The van der Waals surface area contributed by atoms with Gasteiger partial charge in [-0.05, 0) is 10.8 Å². The van der Waals surface area contributed by atoms with Gasteiger partial charge in [0.25, 0.3) is 0 Å². The second-order valence-corrected chi connectivity index (χ2v) is 4.90. The van der Waals surface area contributed by atoms with E-state index >= 15 is 0 Å². The summed E-state index contributed by atoms with van der Waals surface area (Å²) < 4.78 is 1.59. The summed E-state index contributed by atoms with van der Waals surface area (Å²) in [6.07, 6.45) is 3.46. The molecule has 4 heteroatoms. The summed E-state index contributed by atoms with van der Waals surface area (Å²) in [5, 5.41) is 0. The van der Waals surface area contributed by atoms with Gasteiger partial charge in [-0.1, -0.05) is 10.8 Å². The van der Waals surface area contributed by atoms with E-state index in [2.05, 4.69) is 6.26 Å². The molecule has 1 aliphatic rings. The normalized spacial score (nSPS) is 23.4. The minimum Gasteiger partial charge on any atom is -1.00 e. The SMILES string of the molecule is C[S+]=C1CCSS1.[I-]. The summed E-state index contributed by atoms with van der Waals surface area (Å²) in [5.74, 6) is 1.32. The van der Waals surface area contributed by atoms with E-state index < -0.39 is 0 Å². The highest BCUT2D eigenvalue weighted by atomic mass is 127. The van der Waals surface area contributed by atoms with E-state index in [9.17, 15) is 0 Å². The van der Waals surface area contributed by atoms with Crippen LogP contribution in [0, 0.1) is 0 Å². The maximum Gasteiger partial charge on any atom is 0.245 e. The lowest BCUT2D eigenvalue weighted by molar-refractivity contribution is -0.00000122. The Balaban J connectivity index is 0.000000490. The molecule has 1 fully saturated rings. The molecule has 1 rings (SSSR count). The molecular formula is C4H7IS3. The molecule has 48 valence electrons. The van der Waals surface area contributed by atoms with Crippen LogP contribution in [-0.2, 0) is 11.4 Å². The van der Waals surface area contributed by atoms with Gasteiger partial charge in [-0.2, -0.15) is 0 Å². The lowest BCUT2D eigenvalue weighted by Crippen LogP contribution is -3.00. The number of rotatable bonds is 0. The average Bonchev–Trinajstić information content (AvgIpc) is 2.14. The first-order valence-corrected chi connectivity index (χ1v) is 5.67. The largest absolute Gasteiger partial charge is 1.00 e. The Morgan fingerprint density at radius 2 is 2.38 bits per heavy atom. The molecule has 0 nitrogen and oxygen atoms in total. The molecule has 1 aliphatic heterocycles.